The standard InChI is InChI=1S/C18H36O/c1-6-9-18(19)13-8-12-17(5)14-16(4)11-7-10-15(2)3/h15-17H,6-14H2,1-5H3. The molecular formula is C18H36O. The predicted octanol–water partition coefficient (Wildman–Crippen LogP) is 6.01. The van der Waals surface area contributed by atoms with Crippen LogP contribution in [0, 0.1) is 17.8 Å². The number of hydrogen-bond acceptors (Lipinski definition) is 1. The van der Waals surface area contributed by atoms with Crippen LogP contribution in [0.4, 0.5) is 0 Å². The van der Waals surface area contributed by atoms with E-state index in [9.17, 15) is 4.79 Å². The fraction of sp³-hybridized carbons (Fsp3) is 0.944. The summed E-state index contributed by atoms with van der Waals surface area (Å²) in [5.41, 5.74) is 0. The molecule has 0 saturated carbocycles. The normalized spacial score (nSPS) is 14.6. The van der Waals surface area contributed by atoms with E-state index in [1.54, 1.807) is 0 Å². The molecule has 0 aromatic heterocycles. The van der Waals surface area contributed by atoms with Crippen molar-refractivity contribution in [3.8, 4) is 0 Å². The average molecular weight is 268 g/mol. The number of Topliss-reactive ketones (excluding diaryl/α,β-unsaturated/α-hetero) is 1. The highest BCUT2D eigenvalue weighted by Gasteiger charge is 2.10. The molecule has 0 aliphatic rings. The molecule has 2 unspecified atom stereocenters. The zero-order valence-electron chi connectivity index (χ0n) is 14.0. The maximum atomic E-state index is 11.5. The highest BCUT2D eigenvalue weighted by atomic mass is 16.1. The fourth-order valence-electron chi connectivity index (χ4n) is 2.85. The van der Waals surface area contributed by atoms with Gasteiger partial charge in [0.25, 0.3) is 0 Å². The van der Waals surface area contributed by atoms with Crippen LogP contribution in [0.2, 0.25) is 0 Å². The van der Waals surface area contributed by atoms with Gasteiger partial charge in [-0.15, -0.1) is 0 Å². The minimum atomic E-state index is 0.458. The van der Waals surface area contributed by atoms with Crippen LogP contribution in [0.15, 0.2) is 0 Å². The van der Waals surface area contributed by atoms with Crippen LogP contribution in [0.25, 0.3) is 0 Å². The van der Waals surface area contributed by atoms with Crippen LogP contribution < -0.4 is 0 Å². The van der Waals surface area contributed by atoms with Gasteiger partial charge in [-0.3, -0.25) is 4.79 Å². The first-order chi connectivity index (χ1) is 8.95. The Balaban J connectivity index is 3.56. The van der Waals surface area contributed by atoms with Gasteiger partial charge in [-0.25, -0.2) is 0 Å². The topological polar surface area (TPSA) is 17.1 Å². The molecule has 19 heavy (non-hydrogen) atoms. The van der Waals surface area contributed by atoms with Gasteiger partial charge in [0.15, 0.2) is 0 Å². The van der Waals surface area contributed by atoms with Crippen LogP contribution in [-0.4, -0.2) is 5.78 Å². The van der Waals surface area contributed by atoms with E-state index >= 15 is 0 Å². The molecule has 0 aliphatic heterocycles. The lowest BCUT2D eigenvalue weighted by Gasteiger charge is -2.17. The van der Waals surface area contributed by atoms with Crippen LogP contribution in [-0.2, 0) is 4.79 Å². The number of rotatable bonds is 12. The van der Waals surface area contributed by atoms with Gasteiger partial charge in [0.2, 0.25) is 0 Å². The second kappa shape index (κ2) is 11.5. The minimum Gasteiger partial charge on any atom is -0.300 e. The summed E-state index contributed by atoms with van der Waals surface area (Å²) in [4.78, 5) is 11.5. The highest BCUT2D eigenvalue weighted by Crippen LogP contribution is 2.22. The molecule has 0 aromatic carbocycles. The first-order valence-corrected chi connectivity index (χ1v) is 8.47. The Bertz CT molecular complexity index is 220. The van der Waals surface area contributed by atoms with E-state index in [0.717, 1.165) is 43.4 Å². The fourth-order valence-corrected chi connectivity index (χ4v) is 2.85. The van der Waals surface area contributed by atoms with Crippen molar-refractivity contribution < 1.29 is 4.79 Å². The van der Waals surface area contributed by atoms with Crippen LogP contribution in [0.5, 0.6) is 0 Å². The molecule has 0 heterocycles. The third kappa shape index (κ3) is 12.4. The third-order valence-electron chi connectivity index (χ3n) is 3.96. The van der Waals surface area contributed by atoms with Gasteiger partial charge in [-0.2, -0.15) is 0 Å². The highest BCUT2D eigenvalue weighted by molar-refractivity contribution is 5.78. The van der Waals surface area contributed by atoms with E-state index < -0.39 is 0 Å². The smallest absolute Gasteiger partial charge is 0.132 e. The Labute approximate surface area is 121 Å². The van der Waals surface area contributed by atoms with Crippen molar-refractivity contribution in [1.29, 1.82) is 0 Å². The summed E-state index contributed by atoms with van der Waals surface area (Å²) in [7, 11) is 0. The summed E-state index contributed by atoms with van der Waals surface area (Å²) in [6.45, 7) is 11.4. The molecule has 0 aromatic rings. The number of ketones is 1. The van der Waals surface area contributed by atoms with Gasteiger partial charge in [-0.05, 0) is 37.0 Å². The van der Waals surface area contributed by atoms with E-state index in [1.165, 1.54) is 32.1 Å². The number of carbonyl (C=O) groups is 1. The Morgan fingerprint density at radius 1 is 0.842 bits per heavy atom. The van der Waals surface area contributed by atoms with Crippen molar-refractivity contribution in [2.75, 3.05) is 0 Å². The largest absolute Gasteiger partial charge is 0.300 e. The van der Waals surface area contributed by atoms with Gasteiger partial charge in [0.1, 0.15) is 5.78 Å². The molecule has 0 radical (unpaired) electrons. The van der Waals surface area contributed by atoms with Crippen LogP contribution >= 0.6 is 0 Å². The molecule has 1 heteroatoms. The van der Waals surface area contributed by atoms with E-state index in [2.05, 4.69) is 34.6 Å². The lowest BCUT2D eigenvalue weighted by atomic mass is 9.89. The van der Waals surface area contributed by atoms with Crippen molar-refractivity contribution in [2.45, 2.75) is 92.4 Å². The Morgan fingerprint density at radius 3 is 1.95 bits per heavy atom. The summed E-state index contributed by atoms with van der Waals surface area (Å²) in [5, 5.41) is 0. The first kappa shape index (κ1) is 18.7. The van der Waals surface area contributed by atoms with Crippen molar-refractivity contribution in [3.63, 3.8) is 0 Å². The Kier molecular flexibility index (Phi) is 11.3. The van der Waals surface area contributed by atoms with E-state index in [-0.39, 0.29) is 0 Å². The Hall–Kier alpha value is -0.330. The monoisotopic (exact) mass is 268 g/mol. The molecule has 0 spiro atoms. The Morgan fingerprint density at radius 2 is 1.42 bits per heavy atom. The molecule has 0 N–H and O–H groups in total. The second-order valence-electron chi connectivity index (χ2n) is 6.95. The lowest BCUT2D eigenvalue weighted by molar-refractivity contribution is -0.119. The van der Waals surface area contributed by atoms with Crippen LogP contribution in [0.1, 0.15) is 92.4 Å². The van der Waals surface area contributed by atoms with E-state index in [4.69, 9.17) is 0 Å². The summed E-state index contributed by atoms with van der Waals surface area (Å²) >= 11 is 0. The molecule has 0 saturated heterocycles. The maximum Gasteiger partial charge on any atom is 0.132 e. The minimum absolute atomic E-state index is 0.458. The second-order valence-corrected chi connectivity index (χ2v) is 6.95. The predicted molar refractivity (Wildman–Crippen MR) is 85.4 cm³/mol. The van der Waals surface area contributed by atoms with E-state index in [1.807, 2.05) is 0 Å². The van der Waals surface area contributed by atoms with Crippen molar-refractivity contribution in [3.05, 3.63) is 0 Å². The van der Waals surface area contributed by atoms with Gasteiger partial charge in [-0.1, -0.05) is 60.3 Å². The number of hydrogen-bond donors (Lipinski definition) is 0. The van der Waals surface area contributed by atoms with Crippen LogP contribution in [0.3, 0.4) is 0 Å². The average Bonchev–Trinajstić information content (AvgIpc) is 2.28. The number of carbonyl (C=O) groups excluding carboxylic acids is 1. The molecule has 0 bridgehead atoms. The quantitative estimate of drug-likeness (QED) is 0.423. The zero-order valence-corrected chi connectivity index (χ0v) is 14.0. The molecule has 0 rings (SSSR count). The SMILES string of the molecule is CCCC(=O)CCCC(C)CC(C)CCCC(C)C. The van der Waals surface area contributed by atoms with Crippen molar-refractivity contribution in [1.82, 2.24) is 0 Å². The van der Waals surface area contributed by atoms with Gasteiger partial charge >= 0.3 is 0 Å². The summed E-state index contributed by atoms with van der Waals surface area (Å²) < 4.78 is 0. The summed E-state index contributed by atoms with van der Waals surface area (Å²) in [6, 6.07) is 0. The molecular weight excluding hydrogens is 232 g/mol. The molecule has 0 aliphatic carbocycles. The van der Waals surface area contributed by atoms with E-state index in [0.29, 0.717) is 5.78 Å². The maximum absolute atomic E-state index is 11.5. The van der Waals surface area contributed by atoms with Crippen molar-refractivity contribution >= 4 is 5.78 Å². The molecule has 0 fully saturated rings. The summed E-state index contributed by atoms with van der Waals surface area (Å²) in [6.07, 6.45) is 10.4. The molecule has 114 valence electrons. The summed E-state index contributed by atoms with van der Waals surface area (Å²) in [5.74, 6) is 2.93. The third-order valence-corrected chi connectivity index (χ3v) is 3.96. The zero-order chi connectivity index (χ0) is 14.7. The molecule has 1 nitrogen and oxygen atoms in total. The first-order valence-electron chi connectivity index (χ1n) is 8.47. The van der Waals surface area contributed by atoms with Gasteiger partial charge in [0, 0.05) is 12.8 Å². The van der Waals surface area contributed by atoms with Gasteiger partial charge in [0.05, 0.1) is 0 Å². The lowest BCUT2D eigenvalue weighted by Crippen LogP contribution is -2.05. The van der Waals surface area contributed by atoms with Crippen molar-refractivity contribution in [2.24, 2.45) is 17.8 Å². The van der Waals surface area contributed by atoms with Gasteiger partial charge < -0.3 is 0 Å². The molecule has 0 amide bonds. The molecule has 2 atom stereocenters.